The van der Waals surface area contributed by atoms with E-state index in [1.54, 1.807) is 0 Å². The minimum absolute atomic E-state index is 0.457. The fraction of sp³-hybridized carbons (Fsp3) is 0.571. The van der Waals surface area contributed by atoms with Crippen LogP contribution in [-0.4, -0.2) is 19.1 Å². The van der Waals surface area contributed by atoms with E-state index in [1.165, 1.54) is 12.0 Å². The molecule has 0 fully saturated rings. The number of hydrogen-bond acceptors (Lipinski definition) is 2. The first-order chi connectivity index (χ1) is 8.15. The lowest BCUT2D eigenvalue weighted by Gasteiger charge is -2.15. The van der Waals surface area contributed by atoms with Crippen LogP contribution in [0.25, 0.3) is 0 Å². The van der Waals surface area contributed by atoms with Crippen LogP contribution in [0.4, 0.5) is 0 Å². The summed E-state index contributed by atoms with van der Waals surface area (Å²) < 4.78 is 0. The molecule has 0 aliphatic heterocycles. The predicted octanol–water partition coefficient (Wildman–Crippen LogP) is 3.13. The van der Waals surface area contributed by atoms with Crippen LogP contribution < -0.4 is 10.6 Å². The number of benzene rings is 1. The van der Waals surface area contributed by atoms with Crippen molar-refractivity contribution in [3.05, 3.63) is 34.3 Å². The summed E-state index contributed by atoms with van der Waals surface area (Å²) in [5.74, 6) is 0. The zero-order valence-corrected chi connectivity index (χ0v) is 11.8. The van der Waals surface area contributed by atoms with Gasteiger partial charge in [-0.1, -0.05) is 36.7 Å². The SMILES string of the molecule is CCCNCC(C)NCc1cccc(C)c1Cl. The molecular weight excluding hydrogens is 232 g/mol. The fourth-order valence-corrected chi connectivity index (χ4v) is 1.89. The van der Waals surface area contributed by atoms with Gasteiger partial charge in [-0.25, -0.2) is 0 Å². The molecule has 0 radical (unpaired) electrons. The summed E-state index contributed by atoms with van der Waals surface area (Å²) >= 11 is 6.25. The van der Waals surface area contributed by atoms with Gasteiger partial charge in [0.25, 0.3) is 0 Å². The molecule has 3 heteroatoms. The second-order valence-electron chi connectivity index (χ2n) is 4.53. The van der Waals surface area contributed by atoms with Gasteiger partial charge in [-0.05, 0) is 37.9 Å². The first kappa shape index (κ1) is 14.5. The Morgan fingerprint density at radius 3 is 2.82 bits per heavy atom. The summed E-state index contributed by atoms with van der Waals surface area (Å²) in [6.07, 6.45) is 1.18. The molecule has 1 rings (SSSR count). The summed E-state index contributed by atoms with van der Waals surface area (Å²) in [6.45, 7) is 9.31. The quantitative estimate of drug-likeness (QED) is 0.731. The van der Waals surface area contributed by atoms with Gasteiger partial charge in [0.05, 0.1) is 0 Å². The lowest BCUT2D eigenvalue weighted by molar-refractivity contribution is 0.501. The Balaban J connectivity index is 2.37. The van der Waals surface area contributed by atoms with Crippen LogP contribution in [0.5, 0.6) is 0 Å². The highest BCUT2D eigenvalue weighted by Gasteiger charge is 2.05. The summed E-state index contributed by atoms with van der Waals surface area (Å²) in [5.41, 5.74) is 2.32. The van der Waals surface area contributed by atoms with Gasteiger partial charge in [0.15, 0.2) is 0 Å². The zero-order valence-electron chi connectivity index (χ0n) is 11.0. The largest absolute Gasteiger partial charge is 0.315 e. The predicted molar refractivity (Wildman–Crippen MR) is 75.7 cm³/mol. The Kier molecular flexibility index (Phi) is 6.56. The van der Waals surface area contributed by atoms with Gasteiger partial charge in [-0.3, -0.25) is 0 Å². The van der Waals surface area contributed by atoms with Crippen molar-refractivity contribution in [2.24, 2.45) is 0 Å². The first-order valence-corrected chi connectivity index (χ1v) is 6.71. The van der Waals surface area contributed by atoms with Crippen LogP contribution >= 0.6 is 11.6 Å². The summed E-state index contributed by atoms with van der Waals surface area (Å²) in [4.78, 5) is 0. The molecule has 1 unspecified atom stereocenters. The van der Waals surface area contributed by atoms with Crippen LogP contribution in [0, 0.1) is 6.92 Å². The highest BCUT2D eigenvalue weighted by Crippen LogP contribution is 2.19. The molecule has 0 aromatic heterocycles. The first-order valence-electron chi connectivity index (χ1n) is 6.33. The molecule has 0 amide bonds. The van der Waals surface area contributed by atoms with Gasteiger partial charge < -0.3 is 10.6 Å². The maximum atomic E-state index is 6.25. The monoisotopic (exact) mass is 254 g/mol. The molecule has 96 valence electrons. The molecule has 1 aromatic carbocycles. The Bertz CT molecular complexity index is 339. The average Bonchev–Trinajstić information content (AvgIpc) is 2.31. The van der Waals surface area contributed by atoms with Crippen molar-refractivity contribution >= 4 is 11.6 Å². The second kappa shape index (κ2) is 7.70. The van der Waals surface area contributed by atoms with Gasteiger partial charge in [0.1, 0.15) is 0 Å². The number of aryl methyl sites for hydroxylation is 1. The van der Waals surface area contributed by atoms with Crippen molar-refractivity contribution in [2.75, 3.05) is 13.1 Å². The van der Waals surface area contributed by atoms with Crippen LogP contribution in [0.3, 0.4) is 0 Å². The van der Waals surface area contributed by atoms with E-state index < -0.39 is 0 Å². The number of nitrogens with one attached hydrogen (secondary N) is 2. The maximum absolute atomic E-state index is 6.25. The van der Waals surface area contributed by atoms with Crippen LogP contribution in [0.2, 0.25) is 5.02 Å². The molecule has 0 aliphatic rings. The summed E-state index contributed by atoms with van der Waals surface area (Å²) in [7, 11) is 0. The lowest BCUT2D eigenvalue weighted by Crippen LogP contribution is -2.36. The minimum atomic E-state index is 0.457. The Hall–Kier alpha value is -0.570. The lowest BCUT2D eigenvalue weighted by atomic mass is 10.1. The highest BCUT2D eigenvalue weighted by molar-refractivity contribution is 6.32. The molecule has 0 spiro atoms. The summed E-state index contributed by atoms with van der Waals surface area (Å²) in [5, 5.41) is 7.76. The molecule has 17 heavy (non-hydrogen) atoms. The third-order valence-electron chi connectivity index (χ3n) is 2.79. The molecule has 2 N–H and O–H groups in total. The number of rotatable bonds is 7. The molecule has 0 bridgehead atoms. The fourth-order valence-electron chi connectivity index (χ4n) is 1.70. The van der Waals surface area contributed by atoms with Crippen molar-refractivity contribution in [1.82, 2.24) is 10.6 Å². The van der Waals surface area contributed by atoms with Gasteiger partial charge in [0.2, 0.25) is 0 Å². The third kappa shape index (κ3) is 5.07. The Labute approximate surface area is 110 Å². The second-order valence-corrected chi connectivity index (χ2v) is 4.91. The summed E-state index contributed by atoms with van der Waals surface area (Å²) in [6, 6.07) is 6.63. The highest BCUT2D eigenvalue weighted by atomic mass is 35.5. The van der Waals surface area contributed by atoms with Crippen LogP contribution in [-0.2, 0) is 6.54 Å². The molecule has 0 heterocycles. The molecule has 1 atom stereocenters. The van der Waals surface area contributed by atoms with E-state index >= 15 is 0 Å². The van der Waals surface area contributed by atoms with Gasteiger partial charge in [-0.15, -0.1) is 0 Å². The van der Waals surface area contributed by atoms with E-state index in [4.69, 9.17) is 11.6 Å². The van der Waals surface area contributed by atoms with Gasteiger partial charge in [-0.2, -0.15) is 0 Å². The van der Waals surface area contributed by atoms with E-state index in [9.17, 15) is 0 Å². The molecule has 1 aromatic rings. The maximum Gasteiger partial charge on any atom is 0.0480 e. The molecule has 2 nitrogen and oxygen atoms in total. The standard InChI is InChI=1S/C14H23ClN2/c1-4-8-16-9-12(3)17-10-13-7-5-6-11(2)14(13)15/h5-7,12,16-17H,4,8-10H2,1-3H3. The van der Waals surface area contributed by atoms with E-state index in [-0.39, 0.29) is 0 Å². The van der Waals surface area contributed by atoms with Crippen molar-refractivity contribution < 1.29 is 0 Å². The molecular formula is C14H23ClN2. The molecule has 0 saturated heterocycles. The van der Waals surface area contributed by atoms with Crippen molar-refractivity contribution in [2.45, 2.75) is 39.8 Å². The molecule has 0 aliphatic carbocycles. The molecule has 0 saturated carbocycles. The van der Waals surface area contributed by atoms with Crippen molar-refractivity contribution in [1.29, 1.82) is 0 Å². The number of halogens is 1. The van der Waals surface area contributed by atoms with Crippen LogP contribution in [0.1, 0.15) is 31.4 Å². The van der Waals surface area contributed by atoms with Gasteiger partial charge >= 0.3 is 0 Å². The van der Waals surface area contributed by atoms with E-state index in [2.05, 4.69) is 36.6 Å². The zero-order chi connectivity index (χ0) is 12.7. The Morgan fingerprint density at radius 1 is 1.35 bits per heavy atom. The average molecular weight is 255 g/mol. The normalized spacial score (nSPS) is 12.7. The van der Waals surface area contributed by atoms with E-state index in [0.717, 1.165) is 30.2 Å². The van der Waals surface area contributed by atoms with Crippen molar-refractivity contribution in [3.8, 4) is 0 Å². The minimum Gasteiger partial charge on any atom is -0.315 e. The van der Waals surface area contributed by atoms with E-state index in [0.29, 0.717) is 6.04 Å². The van der Waals surface area contributed by atoms with Crippen LogP contribution in [0.15, 0.2) is 18.2 Å². The Morgan fingerprint density at radius 2 is 2.12 bits per heavy atom. The number of hydrogen-bond donors (Lipinski definition) is 2. The van der Waals surface area contributed by atoms with E-state index in [1.807, 2.05) is 13.0 Å². The smallest absolute Gasteiger partial charge is 0.0480 e. The third-order valence-corrected chi connectivity index (χ3v) is 3.33. The van der Waals surface area contributed by atoms with Crippen molar-refractivity contribution in [3.63, 3.8) is 0 Å². The van der Waals surface area contributed by atoms with Gasteiger partial charge in [0, 0.05) is 24.2 Å². The topological polar surface area (TPSA) is 24.1 Å².